The fraction of sp³-hybridized carbons (Fsp3) is 0.400. The maximum atomic E-state index is 12.0. The number of benzene rings is 1. The van der Waals surface area contributed by atoms with Gasteiger partial charge in [-0.2, -0.15) is 0 Å². The molecule has 23 heavy (non-hydrogen) atoms. The molecule has 0 aliphatic heterocycles. The van der Waals surface area contributed by atoms with E-state index < -0.39 is 12.6 Å². The first-order valence-electron chi connectivity index (χ1n) is 7.08. The minimum atomic E-state index is -1.11. The zero-order chi connectivity index (χ0) is 17.2. The second-order valence-corrected chi connectivity index (χ2v) is 4.46. The van der Waals surface area contributed by atoms with Crippen LogP contribution in [0.4, 0.5) is 0 Å². The average molecular weight is 324 g/mol. The minimum Gasteiger partial charge on any atom is -0.490 e. The van der Waals surface area contributed by atoms with Crippen LogP contribution in [0.5, 0.6) is 11.5 Å². The fourth-order valence-corrected chi connectivity index (χ4v) is 1.69. The van der Waals surface area contributed by atoms with Crippen molar-refractivity contribution < 1.29 is 29.0 Å². The van der Waals surface area contributed by atoms with Crippen LogP contribution in [0.25, 0.3) is 0 Å². The molecular formula is C15H20N2O6. The average Bonchev–Trinajstić information content (AvgIpc) is 2.53. The Balaban J connectivity index is 2.75. The van der Waals surface area contributed by atoms with Crippen LogP contribution >= 0.6 is 0 Å². The van der Waals surface area contributed by atoms with Gasteiger partial charge in [0.25, 0.3) is 5.91 Å². The number of aliphatic carboxylic acids is 1. The number of carboxylic acid groups (broad SMARTS) is 1. The van der Waals surface area contributed by atoms with Crippen LogP contribution in [-0.2, 0) is 9.59 Å². The summed E-state index contributed by atoms with van der Waals surface area (Å²) in [5.74, 6) is -1.11. The molecule has 0 radical (unpaired) electrons. The van der Waals surface area contributed by atoms with Crippen LogP contribution < -0.4 is 20.1 Å². The molecule has 8 heteroatoms. The zero-order valence-electron chi connectivity index (χ0n) is 13.0. The Hall–Kier alpha value is -2.77. The topological polar surface area (TPSA) is 114 Å². The van der Waals surface area contributed by atoms with E-state index in [4.69, 9.17) is 14.6 Å². The summed E-state index contributed by atoms with van der Waals surface area (Å²) in [6.45, 7) is 1.81. The Bertz CT molecular complexity index is 573. The highest BCUT2D eigenvalue weighted by Crippen LogP contribution is 2.28. The number of carbonyl (C=O) groups excluding carboxylic acids is 2. The van der Waals surface area contributed by atoms with Crippen LogP contribution in [-0.4, -0.2) is 49.7 Å². The van der Waals surface area contributed by atoms with E-state index in [1.54, 1.807) is 6.92 Å². The highest BCUT2D eigenvalue weighted by molar-refractivity contribution is 5.95. The van der Waals surface area contributed by atoms with E-state index in [-0.39, 0.29) is 36.3 Å². The first-order chi connectivity index (χ1) is 11.0. The Labute approximate surface area is 133 Å². The number of ether oxygens (including phenoxy) is 2. The van der Waals surface area contributed by atoms with Gasteiger partial charge in [-0.1, -0.05) is 0 Å². The summed E-state index contributed by atoms with van der Waals surface area (Å²) < 4.78 is 10.5. The molecule has 0 saturated carbocycles. The van der Waals surface area contributed by atoms with Crippen molar-refractivity contribution in [3.8, 4) is 11.5 Å². The maximum Gasteiger partial charge on any atom is 0.341 e. The zero-order valence-corrected chi connectivity index (χ0v) is 13.0. The molecule has 1 rings (SSSR count). The summed E-state index contributed by atoms with van der Waals surface area (Å²) >= 11 is 0. The molecule has 2 amide bonds. The third-order valence-corrected chi connectivity index (χ3v) is 2.77. The molecule has 0 aliphatic rings. The van der Waals surface area contributed by atoms with Crippen molar-refractivity contribution in [1.29, 1.82) is 0 Å². The van der Waals surface area contributed by atoms with Crippen molar-refractivity contribution in [2.45, 2.75) is 13.3 Å². The molecule has 0 spiro atoms. The van der Waals surface area contributed by atoms with Crippen LogP contribution in [0.1, 0.15) is 23.7 Å². The largest absolute Gasteiger partial charge is 0.490 e. The van der Waals surface area contributed by atoms with Gasteiger partial charge in [0, 0.05) is 25.6 Å². The highest BCUT2D eigenvalue weighted by atomic mass is 16.5. The van der Waals surface area contributed by atoms with Gasteiger partial charge in [-0.3, -0.25) is 9.59 Å². The third-order valence-electron chi connectivity index (χ3n) is 2.77. The monoisotopic (exact) mass is 324 g/mol. The molecule has 0 unspecified atom stereocenters. The summed E-state index contributed by atoms with van der Waals surface area (Å²) in [7, 11) is 1.52. The van der Waals surface area contributed by atoms with Gasteiger partial charge in [-0.05, 0) is 25.1 Å². The van der Waals surface area contributed by atoms with Crippen molar-refractivity contribution in [2.24, 2.45) is 0 Å². The lowest BCUT2D eigenvalue weighted by Crippen LogP contribution is -2.29. The number of carbonyl (C=O) groups is 3. The second-order valence-electron chi connectivity index (χ2n) is 4.46. The lowest BCUT2D eigenvalue weighted by atomic mass is 10.2. The molecule has 1 aromatic rings. The Kier molecular flexibility index (Phi) is 7.38. The number of nitrogens with one attached hydrogen (secondary N) is 2. The van der Waals surface area contributed by atoms with Crippen LogP contribution in [0.3, 0.4) is 0 Å². The van der Waals surface area contributed by atoms with E-state index in [1.165, 1.54) is 25.2 Å². The van der Waals surface area contributed by atoms with E-state index >= 15 is 0 Å². The Morgan fingerprint density at radius 2 is 1.91 bits per heavy atom. The van der Waals surface area contributed by atoms with Gasteiger partial charge in [0.15, 0.2) is 18.1 Å². The summed E-state index contributed by atoms with van der Waals surface area (Å²) in [5.41, 5.74) is 0.327. The van der Waals surface area contributed by atoms with Crippen LogP contribution in [0.15, 0.2) is 18.2 Å². The molecule has 8 nitrogen and oxygen atoms in total. The van der Waals surface area contributed by atoms with Gasteiger partial charge in [0.1, 0.15) is 0 Å². The maximum absolute atomic E-state index is 12.0. The van der Waals surface area contributed by atoms with Crippen molar-refractivity contribution in [3.63, 3.8) is 0 Å². The first-order valence-corrected chi connectivity index (χ1v) is 7.08. The molecule has 1 aromatic carbocycles. The number of hydrogen-bond acceptors (Lipinski definition) is 5. The summed E-state index contributed by atoms with van der Waals surface area (Å²) in [6, 6.07) is 4.44. The molecule has 0 saturated heterocycles. The van der Waals surface area contributed by atoms with Gasteiger partial charge in [0.2, 0.25) is 5.91 Å². The van der Waals surface area contributed by atoms with E-state index in [0.717, 1.165) is 0 Å². The molecule has 0 aliphatic carbocycles. The molecule has 0 bridgehead atoms. The van der Waals surface area contributed by atoms with Crippen molar-refractivity contribution in [1.82, 2.24) is 10.6 Å². The smallest absolute Gasteiger partial charge is 0.341 e. The van der Waals surface area contributed by atoms with E-state index in [1.807, 2.05) is 0 Å². The molecule has 0 fully saturated rings. The van der Waals surface area contributed by atoms with E-state index in [9.17, 15) is 14.4 Å². The SMILES string of the molecule is CCOc1cc(C(=O)NCCC(=O)NC)ccc1OCC(=O)O. The number of carboxylic acids is 1. The summed E-state index contributed by atoms with van der Waals surface area (Å²) in [4.78, 5) is 33.7. The highest BCUT2D eigenvalue weighted by Gasteiger charge is 2.12. The van der Waals surface area contributed by atoms with Crippen molar-refractivity contribution >= 4 is 17.8 Å². The predicted octanol–water partition coefficient (Wildman–Crippen LogP) is 0.415. The molecule has 126 valence electrons. The molecule has 0 heterocycles. The number of amides is 2. The lowest BCUT2D eigenvalue weighted by Gasteiger charge is -2.12. The lowest BCUT2D eigenvalue weighted by molar-refractivity contribution is -0.139. The van der Waals surface area contributed by atoms with E-state index in [2.05, 4.69) is 10.6 Å². The number of rotatable bonds is 9. The minimum absolute atomic E-state index is 0.169. The van der Waals surface area contributed by atoms with Crippen molar-refractivity contribution in [2.75, 3.05) is 26.8 Å². The summed E-state index contributed by atoms with van der Waals surface area (Å²) in [5, 5.41) is 13.7. The normalized spacial score (nSPS) is 9.83. The van der Waals surface area contributed by atoms with Crippen molar-refractivity contribution in [3.05, 3.63) is 23.8 Å². The molecule has 3 N–H and O–H groups in total. The first kappa shape index (κ1) is 18.3. The fourth-order valence-electron chi connectivity index (χ4n) is 1.69. The Morgan fingerprint density at radius 3 is 2.52 bits per heavy atom. The third kappa shape index (κ3) is 6.25. The summed E-state index contributed by atoms with van der Waals surface area (Å²) in [6.07, 6.45) is 0.181. The standard InChI is InChI=1S/C15H20N2O6/c1-3-22-12-8-10(4-5-11(12)23-9-14(19)20)15(21)17-7-6-13(18)16-2/h4-5,8H,3,6-7,9H2,1-2H3,(H,16,18)(H,17,21)(H,19,20). The van der Waals surface area contributed by atoms with Crippen LogP contribution in [0.2, 0.25) is 0 Å². The predicted molar refractivity (Wildman–Crippen MR) is 81.8 cm³/mol. The molecule has 0 atom stereocenters. The van der Waals surface area contributed by atoms with Gasteiger partial charge in [-0.25, -0.2) is 4.79 Å². The second kappa shape index (κ2) is 9.29. The number of hydrogen-bond donors (Lipinski definition) is 3. The van der Waals surface area contributed by atoms with Crippen LogP contribution in [0, 0.1) is 0 Å². The Morgan fingerprint density at radius 1 is 1.17 bits per heavy atom. The molecule has 0 aromatic heterocycles. The molecular weight excluding hydrogens is 304 g/mol. The quantitative estimate of drug-likeness (QED) is 0.606. The van der Waals surface area contributed by atoms with Gasteiger partial charge in [0.05, 0.1) is 6.61 Å². The van der Waals surface area contributed by atoms with Gasteiger partial charge in [-0.15, -0.1) is 0 Å². The van der Waals surface area contributed by atoms with Gasteiger partial charge >= 0.3 is 5.97 Å². The van der Waals surface area contributed by atoms with Gasteiger partial charge < -0.3 is 25.2 Å². The van der Waals surface area contributed by atoms with E-state index in [0.29, 0.717) is 12.2 Å².